The first-order chi connectivity index (χ1) is 18.6. The summed E-state index contributed by atoms with van der Waals surface area (Å²) in [6.07, 6.45) is 7.55. The number of sulfonamides is 1. The van der Waals surface area contributed by atoms with Crippen LogP contribution in [0.4, 0.5) is 10.1 Å². The Morgan fingerprint density at radius 2 is 1.87 bits per heavy atom. The highest BCUT2D eigenvalue weighted by atomic mass is 32.2. The molecule has 0 spiro atoms. The second-order valence-electron chi connectivity index (χ2n) is 10.5. The van der Waals surface area contributed by atoms with Crippen LogP contribution in [0, 0.1) is 17.7 Å². The van der Waals surface area contributed by atoms with Crippen LogP contribution in [0.15, 0.2) is 63.9 Å². The molecule has 1 N–H and O–H groups in total. The molecule has 0 radical (unpaired) electrons. The van der Waals surface area contributed by atoms with E-state index in [4.69, 9.17) is 0 Å². The molecular formula is C26H30FN7O4S. The Morgan fingerprint density at radius 3 is 2.54 bits per heavy atom. The number of aliphatic hydroxyl groups excluding tert-OH is 1. The lowest BCUT2D eigenvalue weighted by Gasteiger charge is -2.45. The van der Waals surface area contributed by atoms with E-state index >= 15 is 0 Å². The van der Waals surface area contributed by atoms with Crippen LogP contribution >= 0.6 is 0 Å². The van der Waals surface area contributed by atoms with Crippen LogP contribution in [-0.4, -0.2) is 87.7 Å². The summed E-state index contributed by atoms with van der Waals surface area (Å²) in [6, 6.07) is 5.53. The third-order valence-corrected chi connectivity index (χ3v) is 9.74. The summed E-state index contributed by atoms with van der Waals surface area (Å²) in [7, 11) is -2.36. The van der Waals surface area contributed by atoms with Crippen molar-refractivity contribution < 1.29 is 22.7 Å². The first-order valence-electron chi connectivity index (χ1n) is 13.0. The number of aromatic nitrogens is 3. The topological polar surface area (TPSA) is 124 Å². The fraction of sp³-hybridized carbons (Fsp3) is 0.462. The second-order valence-corrected chi connectivity index (χ2v) is 12.4. The van der Waals surface area contributed by atoms with Gasteiger partial charge < -0.3 is 10.0 Å². The van der Waals surface area contributed by atoms with Crippen LogP contribution in [0.5, 0.6) is 0 Å². The average Bonchev–Trinajstić information content (AvgIpc) is 3.52. The zero-order chi connectivity index (χ0) is 27.5. The van der Waals surface area contributed by atoms with Crippen molar-refractivity contribution >= 4 is 27.8 Å². The molecule has 3 heterocycles. The molecule has 2 aliphatic heterocycles. The molecule has 0 bridgehead atoms. The van der Waals surface area contributed by atoms with Gasteiger partial charge in [0.2, 0.25) is 10.9 Å². The third kappa shape index (κ3) is 4.57. The molecule has 1 aromatic heterocycles. The number of hydrogen-bond acceptors (Lipinski definition) is 8. The zero-order valence-electron chi connectivity index (χ0n) is 21.6. The van der Waals surface area contributed by atoms with Crippen LogP contribution in [0.3, 0.4) is 0 Å². The summed E-state index contributed by atoms with van der Waals surface area (Å²) in [5.41, 5.74) is 2.56. The number of benzene rings is 1. The van der Waals surface area contributed by atoms with Crippen molar-refractivity contribution in [1.29, 1.82) is 0 Å². The molecule has 2 aliphatic carbocycles. The number of rotatable bonds is 5. The van der Waals surface area contributed by atoms with E-state index in [0.29, 0.717) is 12.8 Å². The molecule has 1 aromatic carbocycles. The number of fused-ring (bicyclic) bond motifs is 1. The quantitative estimate of drug-likeness (QED) is 0.590. The van der Waals surface area contributed by atoms with Gasteiger partial charge in [0.05, 0.1) is 30.1 Å². The number of aliphatic hydroxyl groups is 1. The molecule has 3 atom stereocenters. The Balaban J connectivity index is 1.31. The maximum atomic E-state index is 13.5. The maximum absolute atomic E-state index is 13.5. The van der Waals surface area contributed by atoms with Crippen LogP contribution in [0.2, 0.25) is 0 Å². The van der Waals surface area contributed by atoms with Crippen molar-refractivity contribution in [1.82, 2.24) is 24.2 Å². The van der Waals surface area contributed by atoms with Crippen LogP contribution in [0.25, 0.3) is 0 Å². The first-order valence-corrected chi connectivity index (χ1v) is 14.4. The molecule has 4 aliphatic rings. The smallest absolute Gasteiger partial charge is 0.264 e. The van der Waals surface area contributed by atoms with E-state index in [1.54, 1.807) is 24.1 Å². The number of hydrogen-bond donors (Lipinski definition) is 1. The van der Waals surface area contributed by atoms with E-state index in [1.165, 1.54) is 27.4 Å². The minimum absolute atomic E-state index is 0.0642. The lowest BCUT2D eigenvalue weighted by Crippen LogP contribution is -2.59. The van der Waals surface area contributed by atoms with Gasteiger partial charge in [-0.3, -0.25) is 9.80 Å². The minimum Gasteiger partial charge on any atom is -0.393 e. The Labute approximate surface area is 225 Å². The van der Waals surface area contributed by atoms with E-state index in [-0.39, 0.29) is 54.3 Å². The largest absolute Gasteiger partial charge is 0.393 e. The van der Waals surface area contributed by atoms with E-state index in [0.717, 1.165) is 16.8 Å². The molecule has 11 nitrogen and oxygen atoms in total. The zero-order valence-corrected chi connectivity index (χ0v) is 22.4. The van der Waals surface area contributed by atoms with E-state index in [1.807, 2.05) is 18.1 Å². The number of piperazine rings is 1. The van der Waals surface area contributed by atoms with Gasteiger partial charge in [0.25, 0.3) is 10.0 Å². The highest BCUT2D eigenvalue weighted by Crippen LogP contribution is 2.38. The Bertz CT molecular complexity index is 1480. The second kappa shape index (κ2) is 9.65. The standard InChI is InChI=1S/C26H30FN7O4S/c1-16-9-23-18(13-29-34(23)20-5-3-19(27)4-6-20)12-22(16)24-15-32(39(37,38)25-14-28-31(2)30-25)7-8-33(24)26(36)17-10-21(35)11-17/h3-6,9,12-14,17-18,21,23-24,35H,7-8,10-11,15H2,1-2H3/t17-,18?,21+,23?,24-/m1/s1. The van der Waals surface area contributed by atoms with Gasteiger partial charge >= 0.3 is 0 Å². The third-order valence-electron chi connectivity index (χ3n) is 8.01. The van der Waals surface area contributed by atoms with Crippen molar-refractivity contribution in [3.63, 3.8) is 0 Å². The molecular weight excluding hydrogens is 525 g/mol. The van der Waals surface area contributed by atoms with Gasteiger partial charge in [-0.1, -0.05) is 12.2 Å². The van der Waals surface area contributed by atoms with Crippen LogP contribution in [0.1, 0.15) is 19.8 Å². The number of carbonyl (C=O) groups excluding carboxylic acids is 1. The Hall–Kier alpha value is -3.42. The number of aryl methyl sites for hydroxylation is 1. The fourth-order valence-corrected chi connectivity index (χ4v) is 7.13. The minimum atomic E-state index is -3.92. The van der Waals surface area contributed by atoms with Crippen LogP contribution in [-0.2, 0) is 21.9 Å². The molecule has 1 amide bonds. The van der Waals surface area contributed by atoms with Gasteiger partial charge in [0, 0.05) is 44.7 Å². The predicted octanol–water partition coefficient (Wildman–Crippen LogP) is 1.30. The lowest BCUT2D eigenvalue weighted by atomic mass is 9.79. The summed E-state index contributed by atoms with van der Waals surface area (Å²) in [5, 5.41) is 24.0. The molecule has 13 heteroatoms. The summed E-state index contributed by atoms with van der Waals surface area (Å²) in [4.78, 5) is 16.5. The molecule has 2 unspecified atom stereocenters. The molecule has 2 aromatic rings. The molecule has 2 fully saturated rings. The van der Waals surface area contributed by atoms with Gasteiger partial charge in [-0.05, 0) is 55.2 Å². The monoisotopic (exact) mass is 555 g/mol. The molecule has 206 valence electrons. The summed E-state index contributed by atoms with van der Waals surface area (Å²) < 4.78 is 41.7. The highest BCUT2D eigenvalue weighted by Gasteiger charge is 2.45. The molecule has 1 saturated carbocycles. The summed E-state index contributed by atoms with van der Waals surface area (Å²) in [5.74, 6) is -0.763. The van der Waals surface area contributed by atoms with Crippen molar-refractivity contribution in [2.75, 3.05) is 24.6 Å². The first kappa shape index (κ1) is 25.8. The number of carbonyl (C=O) groups is 1. The average molecular weight is 556 g/mol. The summed E-state index contributed by atoms with van der Waals surface area (Å²) in [6.45, 7) is 2.39. The lowest BCUT2D eigenvalue weighted by molar-refractivity contribution is -0.145. The number of amides is 1. The van der Waals surface area contributed by atoms with Crippen LogP contribution < -0.4 is 5.01 Å². The van der Waals surface area contributed by atoms with Crippen molar-refractivity contribution in [3.05, 3.63) is 59.6 Å². The van der Waals surface area contributed by atoms with Crippen molar-refractivity contribution in [3.8, 4) is 0 Å². The molecule has 39 heavy (non-hydrogen) atoms. The fourth-order valence-electron chi connectivity index (χ4n) is 5.81. The van der Waals surface area contributed by atoms with Crippen molar-refractivity contribution in [2.45, 2.75) is 43.0 Å². The van der Waals surface area contributed by atoms with E-state index in [9.17, 15) is 22.7 Å². The predicted molar refractivity (Wildman–Crippen MR) is 140 cm³/mol. The van der Waals surface area contributed by atoms with Crippen molar-refractivity contribution in [2.24, 2.45) is 24.0 Å². The van der Waals surface area contributed by atoms with E-state index in [2.05, 4.69) is 27.5 Å². The summed E-state index contributed by atoms with van der Waals surface area (Å²) >= 11 is 0. The maximum Gasteiger partial charge on any atom is 0.264 e. The molecule has 6 rings (SSSR count). The van der Waals surface area contributed by atoms with E-state index < -0.39 is 22.2 Å². The van der Waals surface area contributed by atoms with Gasteiger partial charge in [0.15, 0.2) is 0 Å². The number of hydrazone groups is 1. The number of halogens is 1. The SMILES string of the molecule is CC1=CC2C(C=NN2c2ccc(F)cc2)C=C1[C@H]1CN(S(=O)(=O)c2cnn(C)n2)CCN1C(=O)[C@H]1C[C@@H](O)C1. The number of anilines is 1. The van der Waals surface area contributed by atoms with Gasteiger partial charge in [-0.15, -0.1) is 5.10 Å². The van der Waals surface area contributed by atoms with Gasteiger partial charge in [-0.2, -0.15) is 19.3 Å². The van der Waals surface area contributed by atoms with Gasteiger partial charge in [0.1, 0.15) is 5.82 Å². The Kier molecular flexibility index (Phi) is 6.39. The Morgan fingerprint density at radius 1 is 1.13 bits per heavy atom. The number of nitrogens with zero attached hydrogens (tertiary/aromatic N) is 7. The normalized spacial score (nSPS) is 29.1. The highest BCUT2D eigenvalue weighted by molar-refractivity contribution is 7.89. The van der Waals surface area contributed by atoms with Gasteiger partial charge in [-0.25, -0.2) is 12.8 Å². The molecule has 1 saturated heterocycles.